The SMILES string of the molecule is CNc1nc(NCC2CC2)c2nc(NC)nc(CCC(C)(C)O)c2n1. The van der Waals surface area contributed by atoms with Gasteiger partial charge in [-0.2, -0.15) is 4.98 Å². The average Bonchev–Trinajstić information content (AvgIpc) is 3.40. The van der Waals surface area contributed by atoms with Crippen molar-refractivity contribution in [1.82, 2.24) is 19.9 Å². The molecule has 0 amide bonds. The van der Waals surface area contributed by atoms with E-state index in [4.69, 9.17) is 0 Å². The molecule has 2 heterocycles. The Bertz CT molecular complexity index is 753. The van der Waals surface area contributed by atoms with Crippen LogP contribution in [0.4, 0.5) is 17.7 Å². The summed E-state index contributed by atoms with van der Waals surface area (Å²) >= 11 is 0. The predicted molar refractivity (Wildman–Crippen MR) is 100 cm³/mol. The lowest BCUT2D eigenvalue weighted by Gasteiger charge is -2.18. The number of fused-ring (bicyclic) bond motifs is 1. The molecule has 2 aromatic rings. The van der Waals surface area contributed by atoms with E-state index in [1.54, 1.807) is 27.9 Å². The van der Waals surface area contributed by atoms with Crippen LogP contribution in [0.5, 0.6) is 0 Å². The van der Waals surface area contributed by atoms with Gasteiger partial charge >= 0.3 is 0 Å². The molecule has 25 heavy (non-hydrogen) atoms. The molecule has 3 rings (SSSR count). The van der Waals surface area contributed by atoms with Gasteiger partial charge < -0.3 is 21.1 Å². The minimum Gasteiger partial charge on any atom is -0.390 e. The van der Waals surface area contributed by atoms with E-state index in [1.165, 1.54) is 12.8 Å². The smallest absolute Gasteiger partial charge is 0.225 e. The van der Waals surface area contributed by atoms with Crippen LogP contribution in [0.3, 0.4) is 0 Å². The van der Waals surface area contributed by atoms with Crippen molar-refractivity contribution < 1.29 is 5.11 Å². The first kappa shape index (κ1) is 17.6. The summed E-state index contributed by atoms with van der Waals surface area (Å²) in [5, 5.41) is 19.5. The lowest BCUT2D eigenvalue weighted by atomic mass is 10.0. The molecule has 0 unspecified atom stereocenters. The van der Waals surface area contributed by atoms with Gasteiger partial charge in [-0.3, -0.25) is 0 Å². The van der Waals surface area contributed by atoms with Crippen molar-refractivity contribution in [1.29, 1.82) is 0 Å². The van der Waals surface area contributed by atoms with Crippen molar-refractivity contribution in [2.45, 2.75) is 45.1 Å². The minimum absolute atomic E-state index is 0.536. The van der Waals surface area contributed by atoms with Gasteiger partial charge in [0.2, 0.25) is 11.9 Å². The molecule has 1 saturated carbocycles. The van der Waals surface area contributed by atoms with Crippen molar-refractivity contribution in [2.75, 3.05) is 36.6 Å². The van der Waals surface area contributed by atoms with Crippen LogP contribution in [-0.2, 0) is 6.42 Å². The van der Waals surface area contributed by atoms with Crippen LogP contribution >= 0.6 is 0 Å². The Labute approximate surface area is 147 Å². The fourth-order valence-electron chi connectivity index (χ4n) is 2.58. The molecule has 8 heteroatoms. The quantitative estimate of drug-likeness (QED) is 0.575. The first-order valence-corrected chi connectivity index (χ1v) is 8.80. The number of aliphatic hydroxyl groups is 1. The van der Waals surface area contributed by atoms with Crippen molar-refractivity contribution in [3.63, 3.8) is 0 Å². The van der Waals surface area contributed by atoms with Gasteiger partial charge in [-0.15, -0.1) is 0 Å². The summed E-state index contributed by atoms with van der Waals surface area (Å²) in [5.74, 6) is 2.53. The normalized spacial score (nSPS) is 14.6. The molecule has 1 fully saturated rings. The Hall–Kier alpha value is -2.22. The fourth-order valence-corrected chi connectivity index (χ4v) is 2.58. The molecule has 0 aromatic carbocycles. The largest absolute Gasteiger partial charge is 0.390 e. The highest BCUT2D eigenvalue weighted by atomic mass is 16.3. The number of anilines is 3. The molecular formula is C17H27N7O. The van der Waals surface area contributed by atoms with Crippen LogP contribution in [-0.4, -0.2) is 51.3 Å². The Morgan fingerprint density at radius 2 is 1.64 bits per heavy atom. The van der Waals surface area contributed by atoms with Gasteiger partial charge in [-0.05, 0) is 45.4 Å². The molecule has 1 aliphatic rings. The number of hydrogen-bond acceptors (Lipinski definition) is 8. The molecule has 0 bridgehead atoms. The van der Waals surface area contributed by atoms with Crippen LogP contribution < -0.4 is 16.0 Å². The summed E-state index contributed by atoms with van der Waals surface area (Å²) in [5.41, 5.74) is 1.48. The Morgan fingerprint density at radius 1 is 1.00 bits per heavy atom. The predicted octanol–water partition coefficient (Wildman–Crippen LogP) is 2.03. The first-order valence-electron chi connectivity index (χ1n) is 8.80. The lowest BCUT2D eigenvalue weighted by molar-refractivity contribution is 0.0712. The maximum Gasteiger partial charge on any atom is 0.225 e. The second-order valence-electron chi connectivity index (χ2n) is 7.22. The van der Waals surface area contributed by atoms with Crippen LogP contribution in [0, 0.1) is 5.92 Å². The van der Waals surface area contributed by atoms with E-state index in [0.717, 1.165) is 29.5 Å². The van der Waals surface area contributed by atoms with Gasteiger partial charge in [-0.25, -0.2) is 15.0 Å². The van der Waals surface area contributed by atoms with Gasteiger partial charge in [-0.1, -0.05) is 0 Å². The van der Waals surface area contributed by atoms with Crippen molar-refractivity contribution in [3.8, 4) is 0 Å². The van der Waals surface area contributed by atoms with E-state index in [2.05, 4.69) is 35.9 Å². The molecule has 8 nitrogen and oxygen atoms in total. The van der Waals surface area contributed by atoms with Gasteiger partial charge in [0.05, 0.1) is 11.3 Å². The second-order valence-corrected chi connectivity index (χ2v) is 7.22. The third-order valence-electron chi connectivity index (χ3n) is 4.29. The Balaban J connectivity index is 2.04. The van der Waals surface area contributed by atoms with Crippen LogP contribution in [0.2, 0.25) is 0 Å². The number of rotatable bonds is 8. The van der Waals surface area contributed by atoms with Gasteiger partial charge in [0.1, 0.15) is 11.0 Å². The Morgan fingerprint density at radius 3 is 2.24 bits per heavy atom. The number of aryl methyl sites for hydroxylation is 1. The highest BCUT2D eigenvalue weighted by Gasteiger charge is 2.23. The van der Waals surface area contributed by atoms with Gasteiger partial charge in [0.25, 0.3) is 0 Å². The molecule has 2 aromatic heterocycles. The molecule has 136 valence electrons. The summed E-state index contributed by atoms with van der Waals surface area (Å²) in [6.45, 7) is 4.49. The van der Waals surface area contributed by atoms with Crippen LogP contribution in [0.1, 0.15) is 38.8 Å². The zero-order chi connectivity index (χ0) is 18.0. The number of nitrogens with one attached hydrogen (secondary N) is 3. The summed E-state index contributed by atoms with van der Waals surface area (Å²) in [6.07, 6.45) is 3.73. The monoisotopic (exact) mass is 345 g/mol. The highest BCUT2D eigenvalue weighted by molar-refractivity contribution is 5.88. The second kappa shape index (κ2) is 6.95. The van der Waals surface area contributed by atoms with Gasteiger partial charge in [0.15, 0.2) is 5.82 Å². The summed E-state index contributed by atoms with van der Waals surface area (Å²) in [6, 6.07) is 0. The Kier molecular flexibility index (Phi) is 4.89. The first-order chi connectivity index (χ1) is 11.9. The van der Waals surface area contributed by atoms with E-state index < -0.39 is 5.60 Å². The summed E-state index contributed by atoms with van der Waals surface area (Å²) in [4.78, 5) is 18.3. The van der Waals surface area contributed by atoms with E-state index in [9.17, 15) is 5.11 Å². The fraction of sp³-hybridized carbons (Fsp3) is 0.647. The molecule has 0 spiro atoms. The van der Waals surface area contributed by atoms with E-state index in [1.807, 2.05) is 0 Å². The standard InChI is InChI=1S/C17H27N7O/c1-17(2,25)8-7-11-12-13(23-15(18-3)21-11)14(20-9-10-5-6-10)24-16(19-4)22-12/h10,25H,5-9H2,1-4H3,(H,18,21,23)(H2,19,20,22,24). The number of nitrogens with zero attached hydrogens (tertiary/aromatic N) is 4. The van der Waals surface area contributed by atoms with Crippen LogP contribution in [0.15, 0.2) is 0 Å². The van der Waals surface area contributed by atoms with Crippen LogP contribution in [0.25, 0.3) is 11.0 Å². The third-order valence-corrected chi connectivity index (χ3v) is 4.29. The molecular weight excluding hydrogens is 318 g/mol. The minimum atomic E-state index is -0.761. The maximum atomic E-state index is 10.1. The van der Waals surface area contributed by atoms with Gasteiger partial charge in [0, 0.05) is 20.6 Å². The number of hydrogen-bond donors (Lipinski definition) is 4. The number of aromatic nitrogens is 4. The third kappa shape index (κ3) is 4.45. The molecule has 1 aliphatic carbocycles. The van der Waals surface area contributed by atoms with E-state index >= 15 is 0 Å². The van der Waals surface area contributed by atoms with Crippen molar-refractivity contribution >= 4 is 28.7 Å². The lowest BCUT2D eigenvalue weighted by Crippen LogP contribution is -2.20. The molecule has 4 N–H and O–H groups in total. The van der Waals surface area contributed by atoms with Crippen molar-refractivity contribution in [3.05, 3.63) is 5.69 Å². The molecule has 0 atom stereocenters. The maximum absolute atomic E-state index is 10.1. The van der Waals surface area contributed by atoms with E-state index in [0.29, 0.717) is 30.3 Å². The summed E-state index contributed by atoms with van der Waals surface area (Å²) < 4.78 is 0. The average molecular weight is 345 g/mol. The molecule has 0 radical (unpaired) electrons. The molecule has 0 saturated heterocycles. The topological polar surface area (TPSA) is 108 Å². The summed E-state index contributed by atoms with van der Waals surface area (Å²) in [7, 11) is 3.59. The van der Waals surface area contributed by atoms with Crippen molar-refractivity contribution in [2.24, 2.45) is 5.92 Å². The molecule has 0 aliphatic heterocycles. The zero-order valence-corrected chi connectivity index (χ0v) is 15.3. The van der Waals surface area contributed by atoms with E-state index in [-0.39, 0.29) is 0 Å². The highest BCUT2D eigenvalue weighted by Crippen LogP contribution is 2.30. The zero-order valence-electron chi connectivity index (χ0n) is 15.3.